The molecule has 9 nitrogen and oxygen atoms in total. The van der Waals surface area contributed by atoms with E-state index in [1.807, 2.05) is 50.9 Å². The number of hydrogen-bond acceptors (Lipinski definition) is 7. The lowest BCUT2D eigenvalue weighted by atomic mass is 10.1. The van der Waals surface area contributed by atoms with Crippen molar-refractivity contribution in [3.8, 4) is 0 Å². The molecule has 1 aliphatic heterocycles. The molecule has 1 saturated heterocycles. The summed E-state index contributed by atoms with van der Waals surface area (Å²) in [5.74, 6) is -0.227. The molecule has 0 spiro atoms. The molecule has 2 heterocycles. The van der Waals surface area contributed by atoms with E-state index in [-0.39, 0.29) is 29.5 Å². The molecule has 2 atom stereocenters. The molecule has 3 N–H and O–H groups in total. The summed E-state index contributed by atoms with van der Waals surface area (Å²) in [5.41, 5.74) is 8.47. The van der Waals surface area contributed by atoms with E-state index in [2.05, 4.69) is 27.1 Å². The average molecular weight is 409 g/mol. The maximum Gasteiger partial charge on any atom is 0.273 e. The number of aromatic nitrogens is 3. The number of amides is 2. The van der Waals surface area contributed by atoms with E-state index in [4.69, 9.17) is 5.73 Å². The number of carbonyl (C=O) groups excluding carboxylic acids is 2. The lowest BCUT2D eigenvalue weighted by Crippen LogP contribution is -2.44. The number of likely N-dealkylation sites (N-methyl/N-ethyl adjacent to an activating group) is 1. The molecule has 0 unspecified atom stereocenters. The normalized spacial score (nSPS) is 18.2. The standard InChI is InChI=1S/C21H27N7O2/c1-6-17(29)28-10-9-16(14(28)4)27(5)21-24-20(18(19(22)30)25-26-21)23-15-8-7-12(2)13(3)11-15/h6-8,11,14,16H,1,9-10H2,2-5H3,(H2,22,30)(H,23,24,26)/t14-,16-/m1/s1. The van der Waals surface area contributed by atoms with Gasteiger partial charge in [0.05, 0.1) is 6.04 Å². The van der Waals surface area contributed by atoms with Crippen molar-refractivity contribution in [2.24, 2.45) is 5.73 Å². The lowest BCUT2D eigenvalue weighted by molar-refractivity contribution is -0.126. The van der Waals surface area contributed by atoms with Gasteiger partial charge in [0.25, 0.3) is 5.91 Å². The SMILES string of the molecule is C=CC(=O)N1CC[C@@H](N(C)c2nnc(C(N)=O)c(Nc3ccc(C)c(C)c3)n2)[C@H]1C. The summed E-state index contributed by atoms with van der Waals surface area (Å²) in [7, 11) is 1.85. The van der Waals surface area contributed by atoms with Crippen LogP contribution in [0.1, 0.15) is 35.0 Å². The topological polar surface area (TPSA) is 117 Å². The van der Waals surface area contributed by atoms with E-state index in [0.29, 0.717) is 12.5 Å². The zero-order chi connectivity index (χ0) is 22.0. The minimum atomic E-state index is -0.715. The Balaban J connectivity index is 1.90. The number of hydrogen-bond donors (Lipinski definition) is 2. The van der Waals surface area contributed by atoms with Crippen LogP contribution in [0.2, 0.25) is 0 Å². The molecule has 1 aromatic carbocycles. The van der Waals surface area contributed by atoms with Crippen LogP contribution in [-0.2, 0) is 4.79 Å². The maximum atomic E-state index is 12.0. The van der Waals surface area contributed by atoms with Crippen molar-refractivity contribution in [3.63, 3.8) is 0 Å². The van der Waals surface area contributed by atoms with Gasteiger partial charge in [0, 0.05) is 25.3 Å². The third-order valence-corrected chi connectivity index (χ3v) is 5.66. The molecule has 3 rings (SSSR count). The molecule has 0 aliphatic carbocycles. The summed E-state index contributed by atoms with van der Waals surface area (Å²) in [5, 5.41) is 11.3. The number of primary amides is 1. The summed E-state index contributed by atoms with van der Waals surface area (Å²) >= 11 is 0. The highest BCUT2D eigenvalue weighted by atomic mass is 16.2. The number of carbonyl (C=O) groups is 2. The monoisotopic (exact) mass is 409 g/mol. The van der Waals surface area contributed by atoms with Gasteiger partial charge in [0.1, 0.15) is 0 Å². The van der Waals surface area contributed by atoms with E-state index < -0.39 is 5.91 Å². The Kier molecular flexibility index (Phi) is 6.00. The second-order valence-corrected chi connectivity index (χ2v) is 7.54. The largest absolute Gasteiger partial charge is 0.364 e. The Morgan fingerprint density at radius 3 is 2.67 bits per heavy atom. The van der Waals surface area contributed by atoms with Gasteiger partial charge in [-0.2, -0.15) is 4.98 Å². The van der Waals surface area contributed by atoms with E-state index in [1.165, 1.54) is 6.08 Å². The molecule has 0 bridgehead atoms. The van der Waals surface area contributed by atoms with Gasteiger partial charge < -0.3 is 20.9 Å². The highest BCUT2D eigenvalue weighted by Gasteiger charge is 2.36. The summed E-state index contributed by atoms with van der Waals surface area (Å²) < 4.78 is 0. The summed E-state index contributed by atoms with van der Waals surface area (Å²) in [6.07, 6.45) is 2.09. The van der Waals surface area contributed by atoms with Crippen LogP contribution in [0.25, 0.3) is 0 Å². The fraction of sp³-hybridized carbons (Fsp3) is 0.381. The number of aryl methyl sites for hydroxylation is 2. The molecule has 0 radical (unpaired) electrons. The predicted octanol–water partition coefficient (Wildman–Crippen LogP) is 1.94. The van der Waals surface area contributed by atoms with Crippen LogP contribution >= 0.6 is 0 Å². The zero-order valence-corrected chi connectivity index (χ0v) is 17.7. The van der Waals surface area contributed by atoms with Crippen molar-refractivity contribution in [3.05, 3.63) is 47.7 Å². The molecule has 1 fully saturated rings. The summed E-state index contributed by atoms with van der Waals surface area (Å²) in [4.78, 5) is 32.1. The van der Waals surface area contributed by atoms with Crippen molar-refractivity contribution in [2.75, 3.05) is 23.8 Å². The van der Waals surface area contributed by atoms with Gasteiger partial charge in [-0.05, 0) is 56.5 Å². The predicted molar refractivity (Wildman–Crippen MR) is 116 cm³/mol. The van der Waals surface area contributed by atoms with E-state index >= 15 is 0 Å². The molecule has 2 aromatic rings. The van der Waals surface area contributed by atoms with Gasteiger partial charge >= 0.3 is 0 Å². The minimum Gasteiger partial charge on any atom is -0.364 e. The molecular weight excluding hydrogens is 382 g/mol. The van der Waals surface area contributed by atoms with Crippen LogP contribution < -0.4 is 16.0 Å². The zero-order valence-electron chi connectivity index (χ0n) is 17.7. The Hall–Kier alpha value is -3.49. The van der Waals surface area contributed by atoms with Crippen LogP contribution in [0.3, 0.4) is 0 Å². The summed E-state index contributed by atoms with van der Waals surface area (Å²) in [6, 6.07) is 5.80. The number of nitrogens with zero attached hydrogens (tertiary/aromatic N) is 5. The first-order valence-corrected chi connectivity index (χ1v) is 9.77. The fourth-order valence-electron chi connectivity index (χ4n) is 3.69. The molecule has 1 aromatic heterocycles. The van der Waals surface area contributed by atoms with E-state index in [9.17, 15) is 9.59 Å². The van der Waals surface area contributed by atoms with Crippen molar-refractivity contribution in [1.29, 1.82) is 0 Å². The highest BCUT2D eigenvalue weighted by molar-refractivity contribution is 5.96. The number of benzene rings is 1. The van der Waals surface area contributed by atoms with Gasteiger partial charge in [0.15, 0.2) is 11.5 Å². The number of nitrogens with one attached hydrogen (secondary N) is 1. The molecule has 1 aliphatic rings. The Bertz CT molecular complexity index is 991. The third kappa shape index (κ3) is 4.10. The van der Waals surface area contributed by atoms with Crippen molar-refractivity contribution < 1.29 is 9.59 Å². The van der Waals surface area contributed by atoms with Gasteiger partial charge in [-0.1, -0.05) is 12.6 Å². The number of anilines is 3. The average Bonchev–Trinajstić information content (AvgIpc) is 3.10. The molecule has 158 valence electrons. The summed E-state index contributed by atoms with van der Waals surface area (Å²) in [6.45, 7) is 10.2. The maximum absolute atomic E-state index is 12.0. The number of likely N-dealkylation sites (tertiary alicyclic amines) is 1. The first kappa shape index (κ1) is 21.2. The molecule has 9 heteroatoms. The van der Waals surface area contributed by atoms with Crippen molar-refractivity contribution >= 4 is 29.3 Å². The number of rotatable bonds is 6. The molecule has 2 amide bonds. The second kappa shape index (κ2) is 8.48. The first-order valence-electron chi connectivity index (χ1n) is 9.77. The van der Waals surface area contributed by atoms with Crippen LogP contribution in [0.4, 0.5) is 17.5 Å². The van der Waals surface area contributed by atoms with Gasteiger partial charge in [0.2, 0.25) is 11.9 Å². The van der Waals surface area contributed by atoms with Crippen LogP contribution in [0.15, 0.2) is 30.9 Å². The second-order valence-electron chi connectivity index (χ2n) is 7.54. The Labute approximate surface area is 176 Å². The van der Waals surface area contributed by atoms with Crippen molar-refractivity contribution in [2.45, 2.75) is 39.3 Å². The molecule has 30 heavy (non-hydrogen) atoms. The van der Waals surface area contributed by atoms with E-state index in [1.54, 1.807) is 4.90 Å². The van der Waals surface area contributed by atoms with E-state index in [0.717, 1.165) is 23.2 Å². The molecular formula is C21H27N7O2. The molecule has 0 saturated carbocycles. The first-order chi connectivity index (χ1) is 14.2. The Morgan fingerprint density at radius 1 is 1.30 bits per heavy atom. The highest BCUT2D eigenvalue weighted by Crippen LogP contribution is 2.26. The lowest BCUT2D eigenvalue weighted by Gasteiger charge is -2.30. The van der Waals surface area contributed by atoms with Crippen LogP contribution in [0, 0.1) is 13.8 Å². The van der Waals surface area contributed by atoms with Gasteiger partial charge in [-0.15, -0.1) is 10.2 Å². The van der Waals surface area contributed by atoms with Crippen LogP contribution in [-0.4, -0.2) is 57.6 Å². The quantitative estimate of drug-likeness (QED) is 0.700. The van der Waals surface area contributed by atoms with Gasteiger partial charge in [-0.25, -0.2) is 0 Å². The van der Waals surface area contributed by atoms with Crippen LogP contribution in [0.5, 0.6) is 0 Å². The smallest absolute Gasteiger partial charge is 0.273 e. The third-order valence-electron chi connectivity index (χ3n) is 5.66. The van der Waals surface area contributed by atoms with Gasteiger partial charge in [-0.3, -0.25) is 9.59 Å². The van der Waals surface area contributed by atoms with Crippen molar-refractivity contribution in [1.82, 2.24) is 20.1 Å². The number of nitrogens with two attached hydrogens (primary N) is 1. The minimum absolute atomic E-state index is 0.00426. The Morgan fingerprint density at radius 2 is 2.03 bits per heavy atom. The fourth-order valence-corrected chi connectivity index (χ4v) is 3.69.